The smallest absolute Gasteiger partial charge is 0.171 e. The molecule has 5 heteroatoms. The van der Waals surface area contributed by atoms with Crippen LogP contribution < -0.4 is 5.32 Å². The first-order chi connectivity index (χ1) is 7.75. The molecule has 0 radical (unpaired) electrons. The van der Waals surface area contributed by atoms with Crippen LogP contribution in [0.4, 0.5) is 5.82 Å². The van der Waals surface area contributed by atoms with Crippen molar-refractivity contribution in [1.29, 1.82) is 0 Å². The number of nitrogens with zero attached hydrogens (tertiary/aromatic N) is 3. The zero-order valence-corrected chi connectivity index (χ0v) is 9.57. The number of pyridine rings is 1. The Morgan fingerprint density at radius 3 is 2.69 bits per heavy atom. The molecule has 2 heterocycles. The number of anilines is 1. The lowest BCUT2D eigenvalue weighted by Gasteiger charge is -2.06. The Bertz CT molecular complexity index is 470. The van der Waals surface area contributed by atoms with Crippen molar-refractivity contribution >= 4 is 17.4 Å². The van der Waals surface area contributed by atoms with Gasteiger partial charge in [-0.05, 0) is 18.6 Å². The molecule has 0 aliphatic rings. The Morgan fingerprint density at radius 2 is 2.00 bits per heavy atom. The standard InChI is InChI=1S/C11H11ClN4/c1-8-2-3-9(6-15-8)7-16-11-10(12)13-4-5-14-11/h2-6H,7H2,1H3,(H,14,16). The molecule has 0 saturated heterocycles. The molecule has 2 aromatic heterocycles. The lowest BCUT2D eigenvalue weighted by Crippen LogP contribution is -2.03. The SMILES string of the molecule is Cc1ccc(CNc2nccnc2Cl)cn1. The maximum Gasteiger partial charge on any atom is 0.171 e. The molecule has 0 amide bonds. The first-order valence-electron chi connectivity index (χ1n) is 4.87. The Labute approximate surface area is 98.7 Å². The first kappa shape index (κ1) is 10.8. The average molecular weight is 235 g/mol. The van der Waals surface area contributed by atoms with E-state index in [0.717, 1.165) is 11.3 Å². The van der Waals surface area contributed by atoms with Crippen molar-refractivity contribution in [2.24, 2.45) is 0 Å². The van der Waals surface area contributed by atoms with Gasteiger partial charge in [-0.15, -0.1) is 0 Å². The summed E-state index contributed by atoms with van der Waals surface area (Å²) in [6, 6.07) is 3.98. The molecule has 0 saturated carbocycles. The summed E-state index contributed by atoms with van der Waals surface area (Å²) in [5.41, 5.74) is 2.08. The summed E-state index contributed by atoms with van der Waals surface area (Å²) in [5.74, 6) is 0.588. The molecule has 2 rings (SSSR count). The van der Waals surface area contributed by atoms with Crippen LogP contribution in [0.5, 0.6) is 0 Å². The lowest BCUT2D eigenvalue weighted by atomic mass is 10.2. The molecule has 0 aromatic carbocycles. The van der Waals surface area contributed by atoms with Gasteiger partial charge in [0.25, 0.3) is 0 Å². The number of aryl methyl sites for hydroxylation is 1. The molecule has 0 unspecified atom stereocenters. The van der Waals surface area contributed by atoms with Crippen LogP contribution in [0.15, 0.2) is 30.7 Å². The van der Waals surface area contributed by atoms with E-state index in [1.54, 1.807) is 12.4 Å². The fourth-order valence-electron chi connectivity index (χ4n) is 1.23. The van der Waals surface area contributed by atoms with E-state index in [2.05, 4.69) is 20.3 Å². The fourth-order valence-corrected chi connectivity index (χ4v) is 1.40. The van der Waals surface area contributed by atoms with Crippen LogP contribution in [0.25, 0.3) is 0 Å². The summed E-state index contributed by atoms with van der Waals surface area (Å²) < 4.78 is 0. The summed E-state index contributed by atoms with van der Waals surface area (Å²) in [4.78, 5) is 12.2. The summed E-state index contributed by atoms with van der Waals surface area (Å²) in [6.07, 6.45) is 4.98. The number of aromatic nitrogens is 3. The monoisotopic (exact) mass is 234 g/mol. The number of rotatable bonds is 3. The Kier molecular flexibility index (Phi) is 3.31. The highest BCUT2D eigenvalue weighted by Gasteiger charge is 2.01. The van der Waals surface area contributed by atoms with E-state index in [4.69, 9.17) is 11.6 Å². The van der Waals surface area contributed by atoms with Crippen molar-refractivity contribution in [2.45, 2.75) is 13.5 Å². The van der Waals surface area contributed by atoms with E-state index in [1.165, 1.54) is 0 Å². The molecule has 0 aliphatic heterocycles. The van der Waals surface area contributed by atoms with E-state index >= 15 is 0 Å². The topological polar surface area (TPSA) is 50.7 Å². The highest BCUT2D eigenvalue weighted by molar-refractivity contribution is 6.31. The third kappa shape index (κ3) is 2.67. The van der Waals surface area contributed by atoms with Gasteiger partial charge in [-0.1, -0.05) is 17.7 Å². The molecule has 0 spiro atoms. The van der Waals surface area contributed by atoms with Gasteiger partial charge in [0, 0.05) is 30.8 Å². The van der Waals surface area contributed by atoms with Gasteiger partial charge in [-0.2, -0.15) is 0 Å². The van der Waals surface area contributed by atoms with Crippen LogP contribution >= 0.6 is 11.6 Å². The van der Waals surface area contributed by atoms with Crippen LogP contribution in [0.3, 0.4) is 0 Å². The van der Waals surface area contributed by atoms with Crippen molar-refractivity contribution in [3.05, 3.63) is 47.1 Å². The molecule has 0 aliphatic carbocycles. The zero-order valence-electron chi connectivity index (χ0n) is 8.81. The van der Waals surface area contributed by atoms with E-state index in [-0.39, 0.29) is 0 Å². The predicted octanol–water partition coefficient (Wildman–Crippen LogP) is 2.45. The minimum atomic E-state index is 0.377. The van der Waals surface area contributed by atoms with Crippen LogP contribution in [0, 0.1) is 6.92 Å². The molecule has 2 aromatic rings. The van der Waals surface area contributed by atoms with Crippen molar-refractivity contribution in [3.8, 4) is 0 Å². The van der Waals surface area contributed by atoms with Crippen LogP contribution in [0.1, 0.15) is 11.3 Å². The van der Waals surface area contributed by atoms with Gasteiger partial charge >= 0.3 is 0 Å². The summed E-state index contributed by atoms with van der Waals surface area (Å²) in [6.45, 7) is 2.59. The number of nitrogens with one attached hydrogen (secondary N) is 1. The van der Waals surface area contributed by atoms with Gasteiger partial charge in [0.1, 0.15) is 0 Å². The van der Waals surface area contributed by atoms with Gasteiger partial charge in [-0.3, -0.25) is 4.98 Å². The third-order valence-electron chi connectivity index (χ3n) is 2.09. The molecule has 0 atom stereocenters. The number of halogens is 1. The molecule has 0 fully saturated rings. The summed E-state index contributed by atoms with van der Waals surface area (Å²) in [7, 11) is 0. The second-order valence-corrected chi connectivity index (χ2v) is 3.72. The molecule has 0 bridgehead atoms. The average Bonchev–Trinajstić information content (AvgIpc) is 2.30. The van der Waals surface area contributed by atoms with E-state index in [0.29, 0.717) is 17.5 Å². The molecule has 1 N–H and O–H groups in total. The van der Waals surface area contributed by atoms with Gasteiger partial charge in [0.2, 0.25) is 0 Å². The Morgan fingerprint density at radius 1 is 1.19 bits per heavy atom. The van der Waals surface area contributed by atoms with Crippen molar-refractivity contribution in [3.63, 3.8) is 0 Å². The van der Waals surface area contributed by atoms with Gasteiger partial charge in [0.15, 0.2) is 11.0 Å². The summed E-state index contributed by atoms with van der Waals surface area (Å²) >= 11 is 5.86. The van der Waals surface area contributed by atoms with Crippen LogP contribution in [-0.4, -0.2) is 15.0 Å². The Balaban J connectivity index is 2.02. The van der Waals surface area contributed by atoms with Crippen LogP contribution in [-0.2, 0) is 6.54 Å². The summed E-state index contributed by atoms with van der Waals surface area (Å²) in [5, 5.41) is 3.48. The molecular formula is C11H11ClN4. The minimum Gasteiger partial charge on any atom is -0.363 e. The van der Waals surface area contributed by atoms with Gasteiger partial charge in [0.05, 0.1) is 0 Å². The van der Waals surface area contributed by atoms with Crippen molar-refractivity contribution in [2.75, 3.05) is 5.32 Å². The van der Waals surface area contributed by atoms with Gasteiger partial charge in [-0.25, -0.2) is 9.97 Å². The van der Waals surface area contributed by atoms with Crippen molar-refractivity contribution in [1.82, 2.24) is 15.0 Å². The lowest BCUT2D eigenvalue weighted by molar-refractivity contribution is 1.06. The quantitative estimate of drug-likeness (QED) is 0.886. The predicted molar refractivity (Wildman–Crippen MR) is 63.3 cm³/mol. The molecule has 82 valence electrons. The maximum atomic E-state index is 5.86. The van der Waals surface area contributed by atoms with Gasteiger partial charge < -0.3 is 5.32 Å². The molecular weight excluding hydrogens is 224 g/mol. The van der Waals surface area contributed by atoms with E-state index in [1.807, 2.05) is 25.3 Å². The highest BCUT2D eigenvalue weighted by Crippen LogP contribution is 2.14. The first-order valence-corrected chi connectivity index (χ1v) is 5.25. The van der Waals surface area contributed by atoms with Crippen molar-refractivity contribution < 1.29 is 0 Å². The van der Waals surface area contributed by atoms with E-state index < -0.39 is 0 Å². The van der Waals surface area contributed by atoms with Crippen LogP contribution in [0.2, 0.25) is 5.15 Å². The second-order valence-electron chi connectivity index (χ2n) is 3.36. The zero-order chi connectivity index (χ0) is 11.4. The maximum absolute atomic E-state index is 5.86. The molecule has 16 heavy (non-hydrogen) atoms. The second kappa shape index (κ2) is 4.90. The normalized spacial score (nSPS) is 10.1. The number of hydrogen-bond acceptors (Lipinski definition) is 4. The molecule has 4 nitrogen and oxygen atoms in total. The third-order valence-corrected chi connectivity index (χ3v) is 2.36. The number of hydrogen-bond donors (Lipinski definition) is 1. The highest BCUT2D eigenvalue weighted by atomic mass is 35.5. The largest absolute Gasteiger partial charge is 0.363 e. The Hall–Kier alpha value is -1.68. The van der Waals surface area contributed by atoms with E-state index in [9.17, 15) is 0 Å². The minimum absolute atomic E-state index is 0.377. The fraction of sp³-hybridized carbons (Fsp3) is 0.182.